The van der Waals surface area contributed by atoms with Crippen molar-refractivity contribution >= 4 is 0 Å². The van der Waals surface area contributed by atoms with E-state index in [1.54, 1.807) is 20.3 Å². The molecule has 4 rings (SSSR count). The van der Waals surface area contributed by atoms with Crippen LogP contribution in [0.25, 0.3) is 11.1 Å². The van der Waals surface area contributed by atoms with Gasteiger partial charge in [0.1, 0.15) is 24.4 Å². The second-order valence-corrected chi connectivity index (χ2v) is 7.97. The van der Waals surface area contributed by atoms with Gasteiger partial charge >= 0.3 is 0 Å². The Morgan fingerprint density at radius 2 is 1.48 bits per heavy atom. The highest BCUT2D eigenvalue weighted by Gasteiger charge is 2.45. The summed E-state index contributed by atoms with van der Waals surface area (Å²) >= 11 is 0. The Balaban J connectivity index is 1.75. The number of hydrogen-bond acceptors (Lipinski definition) is 10. The van der Waals surface area contributed by atoms with Crippen molar-refractivity contribution in [2.24, 2.45) is 0 Å². The largest absolute Gasteiger partial charge is 0.502 e. The number of rotatable bonds is 6. The zero-order valence-electron chi connectivity index (χ0n) is 18.5. The standard InChI is InChI=1S/C23H28O10/c1-29-13-6-10-4-5-11-7-15(32-23-21(28)20(27)18(25)16(9-24)33-23)19(26)22(31-3)17(11)12(10)8-14(13)30-2/h6-8,16,18,20-21,23-28H,4-5,9H2,1-3H3/t16-,18-,20+,21-,23-/m1/s1. The summed E-state index contributed by atoms with van der Waals surface area (Å²) in [5.74, 6) is 0.952. The van der Waals surface area contributed by atoms with Crippen molar-refractivity contribution < 1.29 is 49.2 Å². The fourth-order valence-electron chi connectivity index (χ4n) is 4.38. The van der Waals surface area contributed by atoms with E-state index in [0.29, 0.717) is 29.9 Å². The van der Waals surface area contributed by atoms with Crippen LogP contribution in [0.4, 0.5) is 0 Å². The molecule has 1 aliphatic carbocycles. The Hall–Kier alpha value is -2.76. The smallest absolute Gasteiger partial charge is 0.229 e. The van der Waals surface area contributed by atoms with Gasteiger partial charge in [0.05, 0.1) is 27.9 Å². The normalized spacial score (nSPS) is 26.2. The zero-order valence-corrected chi connectivity index (χ0v) is 18.5. The predicted molar refractivity (Wildman–Crippen MR) is 115 cm³/mol. The van der Waals surface area contributed by atoms with Crippen molar-refractivity contribution in [3.63, 3.8) is 0 Å². The molecular weight excluding hydrogens is 436 g/mol. The number of aliphatic hydroxyl groups excluding tert-OH is 4. The lowest BCUT2D eigenvalue weighted by Gasteiger charge is -2.39. The summed E-state index contributed by atoms with van der Waals surface area (Å²) in [6.07, 6.45) is -5.99. The summed E-state index contributed by atoms with van der Waals surface area (Å²) < 4.78 is 27.5. The predicted octanol–water partition coefficient (Wildman–Crippen LogP) is 0.362. The van der Waals surface area contributed by atoms with Gasteiger partial charge in [0.2, 0.25) is 12.0 Å². The molecule has 2 aromatic rings. The van der Waals surface area contributed by atoms with Crippen molar-refractivity contribution in [1.82, 2.24) is 0 Å². The number of aliphatic hydroxyl groups is 4. The molecule has 5 N–H and O–H groups in total. The van der Waals surface area contributed by atoms with Crippen molar-refractivity contribution in [3.8, 4) is 39.9 Å². The van der Waals surface area contributed by atoms with Crippen LogP contribution in [0.5, 0.6) is 28.7 Å². The van der Waals surface area contributed by atoms with Crippen LogP contribution < -0.4 is 18.9 Å². The molecule has 1 fully saturated rings. The van der Waals surface area contributed by atoms with Gasteiger partial charge in [-0.25, -0.2) is 0 Å². The molecule has 0 spiro atoms. The third-order valence-electron chi connectivity index (χ3n) is 6.14. The fraction of sp³-hybridized carbons (Fsp3) is 0.478. The zero-order chi connectivity index (χ0) is 23.9. The van der Waals surface area contributed by atoms with Crippen LogP contribution in [0.15, 0.2) is 18.2 Å². The van der Waals surface area contributed by atoms with Gasteiger partial charge in [0, 0.05) is 5.56 Å². The Morgan fingerprint density at radius 1 is 0.848 bits per heavy atom. The molecule has 0 aromatic heterocycles. The minimum atomic E-state index is -1.61. The van der Waals surface area contributed by atoms with Crippen LogP contribution in [0.3, 0.4) is 0 Å². The maximum absolute atomic E-state index is 11.0. The summed E-state index contributed by atoms with van der Waals surface area (Å²) in [4.78, 5) is 0. The Bertz CT molecular complexity index is 1020. The van der Waals surface area contributed by atoms with Crippen LogP contribution in [-0.4, -0.2) is 84.2 Å². The van der Waals surface area contributed by atoms with Crippen molar-refractivity contribution in [2.75, 3.05) is 27.9 Å². The maximum Gasteiger partial charge on any atom is 0.229 e. The van der Waals surface area contributed by atoms with E-state index in [0.717, 1.165) is 16.7 Å². The van der Waals surface area contributed by atoms with E-state index >= 15 is 0 Å². The summed E-state index contributed by atoms with van der Waals surface area (Å²) in [5.41, 5.74) is 3.32. The number of phenolic OH excluding ortho intramolecular Hbond substituents is 1. The highest BCUT2D eigenvalue weighted by molar-refractivity contribution is 5.84. The fourth-order valence-corrected chi connectivity index (χ4v) is 4.38. The van der Waals surface area contributed by atoms with Crippen LogP contribution in [0, 0.1) is 0 Å². The molecule has 0 radical (unpaired) electrons. The van der Waals surface area contributed by atoms with E-state index in [1.165, 1.54) is 7.11 Å². The molecule has 10 heteroatoms. The average molecular weight is 464 g/mol. The SMILES string of the molecule is COc1cc2c(cc1OC)-c1c(cc(O[C@@H]3O[C@H](CO)[C@@H](O)[C@H](O)[C@H]3O)c(O)c1OC)CC2. The van der Waals surface area contributed by atoms with Gasteiger partial charge in [-0.1, -0.05) is 0 Å². The lowest BCUT2D eigenvalue weighted by atomic mass is 9.84. The third-order valence-corrected chi connectivity index (χ3v) is 6.14. The van der Waals surface area contributed by atoms with E-state index in [1.807, 2.05) is 12.1 Å². The number of methoxy groups -OCH3 is 3. The van der Waals surface area contributed by atoms with Crippen LogP contribution >= 0.6 is 0 Å². The molecule has 2 aliphatic rings. The molecule has 180 valence electrons. The number of benzene rings is 2. The molecule has 33 heavy (non-hydrogen) atoms. The Morgan fingerprint density at radius 3 is 2.12 bits per heavy atom. The Kier molecular flexibility index (Phi) is 6.55. The van der Waals surface area contributed by atoms with Gasteiger partial charge in [-0.2, -0.15) is 0 Å². The molecule has 1 saturated heterocycles. The molecule has 2 aromatic carbocycles. The monoisotopic (exact) mass is 464 g/mol. The van der Waals surface area contributed by atoms with E-state index in [4.69, 9.17) is 23.7 Å². The Labute approximate surface area is 190 Å². The summed E-state index contributed by atoms with van der Waals surface area (Å²) in [7, 11) is 4.53. The number of aromatic hydroxyl groups is 1. The first-order valence-corrected chi connectivity index (χ1v) is 10.5. The molecule has 1 aliphatic heterocycles. The summed E-state index contributed by atoms with van der Waals surface area (Å²) in [6, 6.07) is 5.34. The molecule has 0 unspecified atom stereocenters. The van der Waals surface area contributed by atoms with Gasteiger partial charge in [-0.3, -0.25) is 0 Å². The van der Waals surface area contributed by atoms with Gasteiger partial charge < -0.3 is 49.2 Å². The van der Waals surface area contributed by atoms with Gasteiger partial charge in [-0.05, 0) is 47.7 Å². The first-order chi connectivity index (χ1) is 15.8. The van der Waals surface area contributed by atoms with E-state index in [-0.39, 0.29) is 17.2 Å². The summed E-state index contributed by atoms with van der Waals surface area (Å²) in [5, 5.41) is 50.6. The van der Waals surface area contributed by atoms with Crippen LogP contribution in [0.1, 0.15) is 11.1 Å². The minimum Gasteiger partial charge on any atom is -0.502 e. The molecular formula is C23H28O10. The highest BCUT2D eigenvalue weighted by Crippen LogP contribution is 2.51. The minimum absolute atomic E-state index is 0.0288. The first-order valence-electron chi connectivity index (χ1n) is 10.5. The first kappa shape index (κ1) is 23.4. The van der Waals surface area contributed by atoms with Gasteiger partial charge in [0.25, 0.3) is 0 Å². The summed E-state index contributed by atoms with van der Waals surface area (Å²) in [6.45, 7) is -0.591. The number of hydrogen-bond donors (Lipinski definition) is 5. The number of aryl methyl sites for hydroxylation is 2. The van der Waals surface area contributed by atoms with E-state index in [9.17, 15) is 25.5 Å². The third kappa shape index (κ3) is 3.94. The van der Waals surface area contributed by atoms with Gasteiger partial charge in [0.15, 0.2) is 23.0 Å². The van der Waals surface area contributed by atoms with Gasteiger partial charge in [-0.15, -0.1) is 0 Å². The lowest BCUT2D eigenvalue weighted by molar-refractivity contribution is -0.277. The topological polar surface area (TPSA) is 147 Å². The molecule has 0 saturated carbocycles. The molecule has 0 bridgehead atoms. The number of fused-ring (bicyclic) bond motifs is 3. The molecule has 1 heterocycles. The van der Waals surface area contributed by atoms with Crippen molar-refractivity contribution in [2.45, 2.75) is 43.5 Å². The number of phenols is 1. The molecule has 5 atom stereocenters. The van der Waals surface area contributed by atoms with Crippen molar-refractivity contribution in [3.05, 3.63) is 29.3 Å². The second-order valence-electron chi connectivity index (χ2n) is 7.97. The molecule has 10 nitrogen and oxygen atoms in total. The highest BCUT2D eigenvalue weighted by atomic mass is 16.7. The van der Waals surface area contributed by atoms with Crippen LogP contribution in [0.2, 0.25) is 0 Å². The maximum atomic E-state index is 11.0. The second kappa shape index (κ2) is 9.24. The van der Waals surface area contributed by atoms with Crippen molar-refractivity contribution in [1.29, 1.82) is 0 Å². The van der Waals surface area contributed by atoms with E-state index < -0.39 is 37.3 Å². The quantitative estimate of drug-likeness (QED) is 0.406. The van der Waals surface area contributed by atoms with E-state index in [2.05, 4.69) is 0 Å². The number of ether oxygens (including phenoxy) is 5. The molecule has 0 amide bonds. The van der Waals surface area contributed by atoms with Crippen LogP contribution in [-0.2, 0) is 17.6 Å². The average Bonchev–Trinajstić information content (AvgIpc) is 2.83. The lowest BCUT2D eigenvalue weighted by Crippen LogP contribution is -2.60.